The maximum Gasteiger partial charge on any atom is 0.124 e. The van der Waals surface area contributed by atoms with E-state index in [0.717, 1.165) is 29.1 Å². The van der Waals surface area contributed by atoms with Crippen LogP contribution in [0.5, 0.6) is 5.75 Å². The number of methoxy groups -OCH3 is 1. The first-order valence-corrected chi connectivity index (χ1v) is 7.04. The van der Waals surface area contributed by atoms with Gasteiger partial charge in [-0.25, -0.2) is 0 Å². The van der Waals surface area contributed by atoms with E-state index in [4.69, 9.17) is 15.2 Å². The quantitative estimate of drug-likeness (QED) is 0.578. The smallest absolute Gasteiger partial charge is 0.124 e. The molecule has 0 aromatic heterocycles. The Hall–Kier alpha value is -2.04. The van der Waals surface area contributed by atoms with Gasteiger partial charge in [0.15, 0.2) is 0 Å². The first-order valence-electron chi connectivity index (χ1n) is 7.04. The van der Waals surface area contributed by atoms with Crippen molar-refractivity contribution >= 4 is 5.69 Å². The van der Waals surface area contributed by atoms with Crippen molar-refractivity contribution in [1.29, 1.82) is 0 Å². The second kappa shape index (κ2) is 8.29. The maximum atomic E-state index is 5.91. The standard InChI is InChI=1S/C17H22N2O2/c1-20-10-9-19-12-15-11-16(18)7-8-17(15)21-13-14-5-3-2-4-6-14/h2-8,11,19H,9-10,12-13,18H2,1H3. The summed E-state index contributed by atoms with van der Waals surface area (Å²) in [5.74, 6) is 0.859. The SMILES string of the molecule is COCCNCc1cc(N)ccc1OCc1ccccc1. The van der Waals surface area contributed by atoms with Crippen LogP contribution in [0.1, 0.15) is 11.1 Å². The number of hydrogen-bond donors (Lipinski definition) is 2. The Bertz CT molecular complexity index is 544. The first kappa shape index (κ1) is 15.4. The number of nitrogens with two attached hydrogens (primary N) is 1. The zero-order valence-corrected chi connectivity index (χ0v) is 12.3. The third kappa shape index (κ3) is 5.10. The molecule has 0 saturated heterocycles. The van der Waals surface area contributed by atoms with E-state index in [9.17, 15) is 0 Å². The highest BCUT2D eigenvalue weighted by atomic mass is 16.5. The monoisotopic (exact) mass is 286 g/mol. The van der Waals surface area contributed by atoms with Gasteiger partial charge in [-0.15, -0.1) is 0 Å². The first-order chi connectivity index (χ1) is 10.3. The molecule has 0 aliphatic rings. The van der Waals surface area contributed by atoms with E-state index in [2.05, 4.69) is 5.32 Å². The molecule has 0 saturated carbocycles. The van der Waals surface area contributed by atoms with E-state index in [1.165, 1.54) is 0 Å². The third-order valence-electron chi connectivity index (χ3n) is 3.12. The molecule has 0 aliphatic carbocycles. The Balaban J connectivity index is 1.97. The van der Waals surface area contributed by atoms with Crippen LogP contribution in [0.3, 0.4) is 0 Å². The summed E-state index contributed by atoms with van der Waals surface area (Å²) in [7, 11) is 1.69. The maximum absolute atomic E-state index is 5.91. The van der Waals surface area contributed by atoms with Gasteiger partial charge in [-0.3, -0.25) is 0 Å². The predicted molar refractivity (Wildman–Crippen MR) is 85.2 cm³/mol. The minimum absolute atomic E-state index is 0.551. The van der Waals surface area contributed by atoms with Crippen LogP contribution in [-0.4, -0.2) is 20.3 Å². The summed E-state index contributed by atoms with van der Waals surface area (Å²) in [6.45, 7) is 2.74. The van der Waals surface area contributed by atoms with Crippen LogP contribution in [0.25, 0.3) is 0 Å². The topological polar surface area (TPSA) is 56.5 Å². The molecule has 2 aromatic rings. The van der Waals surface area contributed by atoms with Gasteiger partial charge in [-0.05, 0) is 23.8 Å². The Morgan fingerprint density at radius 3 is 2.67 bits per heavy atom. The van der Waals surface area contributed by atoms with Gasteiger partial charge in [-0.2, -0.15) is 0 Å². The van der Waals surface area contributed by atoms with Crippen LogP contribution in [0.4, 0.5) is 5.69 Å². The molecule has 0 aliphatic heterocycles. The molecule has 4 nitrogen and oxygen atoms in total. The minimum Gasteiger partial charge on any atom is -0.489 e. The molecule has 0 radical (unpaired) electrons. The molecule has 2 rings (SSSR count). The largest absolute Gasteiger partial charge is 0.489 e. The molecular weight excluding hydrogens is 264 g/mol. The van der Waals surface area contributed by atoms with Crippen molar-refractivity contribution in [1.82, 2.24) is 5.32 Å². The van der Waals surface area contributed by atoms with Crippen molar-refractivity contribution in [2.45, 2.75) is 13.2 Å². The van der Waals surface area contributed by atoms with Crippen molar-refractivity contribution in [3.05, 3.63) is 59.7 Å². The lowest BCUT2D eigenvalue weighted by molar-refractivity contribution is 0.199. The molecule has 0 fully saturated rings. The number of rotatable bonds is 8. The van der Waals surface area contributed by atoms with Crippen LogP contribution in [0.15, 0.2) is 48.5 Å². The number of hydrogen-bond acceptors (Lipinski definition) is 4. The van der Waals surface area contributed by atoms with Crippen LogP contribution >= 0.6 is 0 Å². The van der Waals surface area contributed by atoms with E-state index < -0.39 is 0 Å². The molecule has 2 aromatic carbocycles. The third-order valence-corrected chi connectivity index (χ3v) is 3.12. The highest BCUT2D eigenvalue weighted by molar-refractivity contribution is 5.47. The average Bonchev–Trinajstić information content (AvgIpc) is 2.52. The summed E-state index contributed by atoms with van der Waals surface area (Å²) in [4.78, 5) is 0. The van der Waals surface area contributed by atoms with Crippen LogP contribution in [-0.2, 0) is 17.9 Å². The van der Waals surface area contributed by atoms with Crippen LogP contribution in [0, 0.1) is 0 Å². The molecule has 0 atom stereocenters. The molecule has 21 heavy (non-hydrogen) atoms. The van der Waals surface area contributed by atoms with Gasteiger partial charge < -0.3 is 20.5 Å². The zero-order valence-electron chi connectivity index (χ0n) is 12.3. The van der Waals surface area contributed by atoms with Gasteiger partial charge in [0.1, 0.15) is 12.4 Å². The summed E-state index contributed by atoms with van der Waals surface area (Å²) in [6.07, 6.45) is 0. The molecule has 0 bridgehead atoms. The number of benzene rings is 2. The normalized spacial score (nSPS) is 10.5. The van der Waals surface area contributed by atoms with Crippen LogP contribution in [0.2, 0.25) is 0 Å². The van der Waals surface area contributed by atoms with Crippen molar-refractivity contribution in [2.75, 3.05) is 26.0 Å². The van der Waals surface area contributed by atoms with Gasteiger partial charge in [0.25, 0.3) is 0 Å². The number of ether oxygens (including phenoxy) is 2. The van der Waals surface area contributed by atoms with Crippen molar-refractivity contribution in [3.8, 4) is 5.75 Å². The second-order valence-electron chi connectivity index (χ2n) is 4.81. The lowest BCUT2D eigenvalue weighted by atomic mass is 10.1. The Labute approximate surface area is 125 Å². The average molecular weight is 286 g/mol. The van der Waals surface area contributed by atoms with E-state index in [0.29, 0.717) is 19.8 Å². The minimum atomic E-state index is 0.551. The fourth-order valence-corrected chi connectivity index (χ4v) is 2.01. The molecule has 0 spiro atoms. The molecule has 112 valence electrons. The predicted octanol–water partition coefficient (Wildman–Crippen LogP) is 2.58. The van der Waals surface area contributed by atoms with Gasteiger partial charge >= 0.3 is 0 Å². The van der Waals surface area contributed by atoms with Crippen LogP contribution < -0.4 is 15.8 Å². The summed E-state index contributed by atoms with van der Waals surface area (Å²) in [6, 6.07) is 15.8. The van der Waals surface area contributed by atoms with E-state index in [1.807, 2.05) is 48.5 Å². The molecule has 4 heteroatoms. The highest BCUT2D eigenvalue weighted by Crippen LogP contribution is 2.22. The molecule has 0 unspecified atom stereocenters. The fraction of sp³-hybridized carbons (Fsp3) is 0.294. The summed E-state index contributed by atoms with van der Waals surface area (Å²) >= 11 is 0. The lowest BCUT2D eigenvalue weighted by Crippen LogP contribution is -2.19. The molecule has 0 heterocycles. The fourth-order valence-electron chi connectivity index (χ4n) is 2.01. The van der Waals surface area contributed by atoms with Gasteiger partial charge in [0.05, 0.1) is 6.61 Å². The zero-order chi connectivity index (χ0) is 14.9. The summed E-state index contributed by atoms with van der Waals surface area (Å²) in [5.41, 5.74) is 8.80. The Morgan fingerprint density at radius 1 is 1.10 bits per heavy atom. The summed E-state index contributed by atoms with van der Waals surface area (Å²) < 4.78 is 10.9. The van der Waals surface area contributed by atoms with Crippen molar-refractivity contribution in [3.63, 3.8) is 0 Å². The van der Waals surface area contributed by atoms with Gasteiger partial charge in [-0.1, -0.05) is 30.3 Å². The number of nitrogen functional groups attached to an aromatic ring is 1. The van der Waals surface area contributed by atoms with E-state index >= 15 is 0 Å². The second-order valence-corrected chi connectivity index (χ2v) is 4.81. The lowest BCUT2D eigenvalue weighted by Gasteiger charge is -2.13. The Kier molecular flexibility index (Phi) is 6.06. The molecular formula is C17H22N2O2. The van der Waals surface area contributed by atoms with Crippen molar-refractivity contribution < 1.29 is 9.47 Å². The number of nitrogens with one attached hydrogen (secondary N) is 1. The van der Waals surface area contributed by atoms with E-state index in [-0.39, 0.29) is 0 Å². The number of anilines is 1. The van der Waals surface area contributed by atoms with Crippen molar-refractivity contribution in [2.24, 2.45) is 0 Å². The highest BCUT2D eigenvalue weighted by Gasteiger charge is 2.05. The molecule has 0 amide bonds. The molecule has 3 N–H and O–H groups in total. The van der Waals surface area contributed by atoms with Gasteiger partial charge in [0, 0.05) is 31.5 Å². The van der Waals surface area contributed by atoms with Gasteiger partial charge in [0.2, 0.25) is 0 Å². The van der Waals surface area contributed by atoms with E-state index in [1.54, 1.807) is 7.11 Å². The summed E-state index contributed by atoms with van der Waals surface area (Å²) in [5, 5.41) is 3.31. The Morgan fingerprint density at radius 2 is 1.90 bits per heavy atom.